The Hall–Kier alpha value is -2.54. The molecule has 1 amide bonds. The Kier molecular flexibility index (Phi) is 5.29. The monoisotopic (exact) mass is 382 g/mol. The van der Waals surface area contributed by atoms with Crippen molar-refractivity contribution < 1.29 is 4.79 Å². The van der Waals surface area contributed by atoms with E-state index < -0.39 is 0 Å². The number of carbonyl (C=O) groups excluding carboxylic acids is 1. The highest BCUT2D eigenvalue weighted by Crippen LogP contribution is 2.37. The number of aryl methyl sites for hydroxylation is 1. The molecule has 7 heteroatoms. The Labute approximate surface area is 161 Å². The summed E-state index contributed by atoms with van der Waals surface area (Å²) < 4.78 is 1.28. The molecule has 1 aliphatic rings. The molecule has 0 spiro atoms. The van der Waals surface area contributed by atoms with Gasteiger partial charge in [0.2, 0.25) is 5.91 Å². The molecule has 1 N–H and O–H groups in total. The van der Waals surface area contributed by atoms with Crippen molar-refractivity contribution in [3.63, 3.8) is 0 Å². The van der Waals surface area contributed by atoms with Gasteiger partial charge in [-0.3, -0.25) is 9.59 Å². The summed E-state index contributed by atoms with van der Waals surface area (Å²) in [6, 6.07) is 11.3. The van der Waals surface area contributed by atoms with Crippen LogP contribution < -0.4 is 10.9 Å². The third-order valence-electron chi connectivity index (χ3n) is 5.22. The Morgan fingerprint density at radius 2 is 2.04 bits per heavy atom. The number of amides is 1. The number of nitrogens with one attached hydrogen (secondary N) is 1. The molecule has 1 saturated carbocycles. The Morgan fingerprint density at radius 1 is 1.22 bits per heavy atom. The first-order chi connectivity index (χ1) is 13.2. The van der Waals surface area contributed by atoms with Crippen molar-refractivity contribution in [3.8, 4) is 0 Å². The quantitative estimate of drug-likeness (QED) is 0.710. The minimum Gasteiger partial charge on any atom is -0.348 e. The number of nitrogens with zero attached hydrogens (tertiary/aromatic N) is 3. The standard InChI is InChI=1S/C20H22N4O2S/c25-18(21-19(14-6-1-2-7-14)17-10-5-13-27-17)11-12-24-20(26)15-8-3-4-9-16(15)22-23-24/h3-5,8-10,13-14,19H,1-2,6-7,11-12H2,(H,21,25). The van der Waals surface area contributed by atoms with E-state index in [0.717, 1.165) is 12.8 Å². The van der Waals surface area contributed by atoms with Crippen LogP contribution in [0.5, 0.6) is 0 Å². The zero-order chi connectivity index (χ0) is 18.6. The highest BCUT2D eigenvalue weighted by Gasteiger charge is 2.28. The van der Waals surface area contributed by atoms with Crippen LogP contribution in [0.2, 0.25) is 0 Å². The van der Waals surface area contributed by atoms with Gasteiger partial charge in [-0.2, -0.15) is 0 Å². The Morgan fingerprint density at radius 3 is 2.81 bits per heavy atom. The average molecular weight is 382 g/mol. The summed E-state index contributed by atoms with van der Waals surface area (Å²) in [5, 5.41) is 13.8. The fourth-order valence-electron chi connectivity index (χ4n) is 3.80. The molecule has 27 heavy (non-hydrogen) atoms. The van der Waals surface area contributed by atoms with Crippen LogP contribution >= 0.6 is 11.3 Å². The maximum atomic E-state index is 12.6. The predicted molar refractivity (Wildman–Crippen MR) is 106 cm³/mol. The van der Waals surface area contributed by atoms with E-state index in [0.29, 0.717) is 16.8 Å². The molecule has 0 aliphatic heterocycles. The topological polar surface area (TPSA) is 76.9 Å². The van der Waals surface area contributed by atoms with Gasteiger partial charge in [-0.05, 0) is 42.3 Å². The first kappa shape index (κ1) is 17.9. The van der Waals surface area contributed by atoms with E-state index >= 15 is 0 Å². The molecule has 140 valence electrons. The van der Waals surface area contributed by atoms with Gasteiger partial charge in [-0.15, -0.1) is 16.4 Å². The van der Waals surface area contributed by atoms with Crippen LogP contribution in [0.4, 0.5) is 0 Å². The second-order valence-corrected chi connectivity index (χ2v) is 7.97. The summed E-state index contributed by atoms with van der Waals surface area (Å²) in [6.45, 7) is 0.227. The minimum absolute atomic E-state index is 0.0536. The zero-order valence-electron chi connectivity index (χ0n) is 15.0. The molecule has 0 bridgehead atoms. The maximum Gasteiger partial charge on any atom is 0.277 e. The Bertz CT molecular complexity index is 977. The normalized spacial score (nSPS) is 15.9. The van der Waals surface area contributed by atoms with Crippen molar-refractivity contribution in [2.75, 3.05) is 0 Å². The van der Waals surface area contributed by atoms with Crippen LogP contribution in [-0.4, -0.2) is 20.9 Å². The molecule has 1 fully saturated rings. The van der Waals surface area contributed by atoms with Crippen LogP contribution in [0.1, 0.15) is 43.0 Å². The summed E-state index contributed by atoms with van der Waals surface area (Å²) in [4.78, 5) is 26.3. The summed E-state index contributed by atoms with van der Waals surface area (Å²) in [6.07, 6.45) is 4.97. The second kappa shape index (κ2) is 8.00. The lowest BCUT2D eigenvalue weighted by Crippen LogP contribution is -2.34. The van der Waals surface area contributed by atoms with Crippen LogP contribution in [0, 0.1) is 5.92 Å². The lowest BCUT2D eigenvalue weighted by atomic mass is 9.96. The number of benzene rings is 1. The molecule has 3 aromatic rings. The van der Waals surface area contributed by atoms with Gasteiger partial charge in [-0.1, -0.05) is 36.3 Å². The van der Waals surface area contributed by atoms with Crippen molar-refractivity contribution in [3.05, 3.63) is 57.0 Å². The molecule has 0 saturated heterocycles. The zero-order valence-corrected chi connectivity index (χ0v) is 15.8. The number of aromatic nitrogens is 3. The number of hydrogen-bond acceptors (Lipinski definition) is 5. The Balaban J connectivity index is 1.44. The summed E-state index contributed by atoms with van der Waals surface area (Å²) >= 11 is 1.69. The van der Waals surface area contributed by atoms with E-state index in [2.05, 4.69) is 21.7 Å². The molecule has 1 aliphatic carbocycles. The SMILES string of the molecule is O=C(CCn1nnc2ccccc2c1=O)NC(c1cccs1)C1CCCC1. The smallest absolute Gasteiger partial charge is 0.277 e. The highest BCUT2D eigenvalue weighted by atomic mass is 32.1. The van der Waals surface area contributed by atoms with E-state index in [1.54, 1.807) is 29.5 Å². The number of hydrogen-bond donors (Lipinski definition) is 1. The van der Waals surface area contributed by atoms with E-state index in [9.17, 15) is 9.59 Å². The van der Waals surface area contributed by atoms with Crippen molar-refractivity contribution in [2.45, 2.75) is 44.7 Å². The van der Waals surface area contributed by atoms with Gasteiger partial charge >= 0.3 is 0 Å². The average Bonchev–Trinajstić information content (AvgIpc) is 3.40. The molecular formula is C20H22N4O2S. The fraction of sp³-hybridized carbons (Fsp3) is 0.400. The van der Waals surface area contributed by atoms with Crippen molar-refractivity contribution >= 4 is 28.1 Å². The van der Waals surface area contributed by atoms with Crippen molar-refractivity contribution in [1.29, 1.82) is 0 Å². The molecule has 4 rings (SSSR count). The molecule has 1 atom stereocenters. The maximum absolute atomic E-state index is 12.6. The van der Waals surface area contributed by atoms with Gasteiger partial charge < -0.3 is 5.32 Å². The molecule has 1 aromatic carbocycles. The van der Waals surface area contributed by atoms with Gasteiger partial charge in [0.05, 0.1) is 18.0 Å². The van der Waals surface area contributed by atoms with E-state index in [4.69, 9.17) is 0 Å². The molecular weight excluding hydrogens is 360 g/mol. The molecule has 1 unspecified atom stereocenters. The molecule has 0 radical (unpaired) electrons. The second-order valence-electron chi connectivity index (χ2n) is 6.99. The molecule has 6 nitrogen and oxygen atoms in total. The largest absolute Gasteiger partial charge is 0.348 e. The number of fused-ring (bicyclic) bond motifs is 1. The van der Waals surface area contributed by atoms with Crippen LogP contribution in [0.3, 0.4) is 0 Å². The highest BCUT2D eigenvalue weighted by molar-refractivity contribution is 7.10. The summed E-state index contributed by atoms with van der Waals surface area (Å²) in [5.74, 6) is 0.443. The molecule has 2 heterocycles. The van der Waals surface area contributed by atoms with Crippen LogP contribution in [0.15, 0.2) is 46.6 Å². The van der Waals surface area contributed by atoms with Crippen molar-refractivity contribution in [1.82, 2.24) is 20.3 Å². The number of carbonyl (C=O) groups is 1. The van der Waals surface area contributed by atoms with E-state index in [1.165, 1.54) is 22.4 Å². The van der Waals surface area contributed by atoms with Gasteiger partial charge in [0, 0.05) is 11.3 Å². The van der Waals surface area contributed by atoms with Gasteiger partial charge in [-0.25, -0.2) is 4.68 Å². The van der Waals surface area contributed by atoms with Gasteiger partial charge in [0.1, 0.15) is 5.52 Å². The van der Waals surface area contributed by atoms with E-state index in [-0.39, 0.29) is 30.5 Å². The summed E-state index contributed by atoms with van der Waals surface area (Å²) in [5.41, 5.74) is 0.362. The lowest BCUT2D eigenvalue weighted by molar-refractivity contribution is -0.122. The fourth-order valence-corrected chi connectivity index (χ4v) is 4.67. The van der Waals surface area contributed by atoms with E-state index in [1.807, 2.05) is 17.5 Å². The number of thiophene rings is 1. The molecule has 2 aromatic heterocycles. The van der Waals surface area contributed by atoms with Crippen LogP contribution in [0.25, 0.3) is 10.9 Å². The first-order valence-electron chi connectivity index (χ1n) is 9.37. The summed E-state index contributed by atoms with van der Waals surface area (Å²) in [7, 11) is 0. The third kappa shape index (κ3) is 3.93. The lowest BCUT2D eigenvalue weighted by Gasteiger charge is -2.23. The predicted octanol–water partition coefficient (Wildman–Crippen LogP) is 3.29. The van der Waals surface area contributed by atoms with Crippen LogP contribution in [-0.2, 0) is 11.3 Å². The third-order valence-corrected chi connectivity index (χ3v) is 6.17. The van der Waals surface area contributed by atoms with Gasteiger partial charge in [0.25, 0.3) is 5.56 Å². The van der Waals surface area contributed by atoms with Crippen molar-refractivity contribution in [2.24, 2.45) is 5.92 Å². The number of rotatable bonds is 6. The van der Waals surface area contributed by atoms with Gasteiger partial charge in [0.15, 0.2) is 0 Å². The minimum atomic E-state index is -0.209. The first-order valence-corrected chi connectivity index (χ1v) is 10.3.